The van der Waals surface area contributed by atoms with Gasteiger partial charge >= 0.3 is 0 Å². The van der Waals surface area contributed by atoms with E-state index in [0.29, 0.717) is 39.1 Å². The van der Waals surface area contributed by atoms with E-state index in [4.69, 9.17) is 17.3 Å². The molecule has 0 radical (unpaired) electrons. The van der Waals surface area contributed by atoms with Crippen LogP contribution in [0.15, 0.2) is 77.4 Å². The van der Waals surface area contributed by atoms with Crippen molar-refractivity contribution in [2.75, 3.05) is 16.4 Å². The molecule has 1 aromatic heterocycles. The highest BCUT2D eigenvalue weighted by Gasteiger charge is 2.16. The van der Waals surface area contributed by atoms with Gasteiger partial charge in [0.05, 0.1) is 11.3 Å². The molecule has 0 aliphatic heterocycles. The topological polar surface area (TPSA) is 102 Å². The Balaban J connectivity index is 1.45. The second-order valence-electron chi connectivity index (χ2n) is 7.40. The summed E-state index contributed by atoms with van der Waals surface area (Å²) in [7, 11) is 1.75. The molecule has 0 bridgehead atoms. The van der Waals surface area contributed by atoms with E-state index in [2.05, 4.69) is 15.7 Å². The van der Waals surface area contributed by atoms with Crippen molar-refractivity contribution in [3.05, 3.63) is 82.9 Å². The number of aryl methyl sites for hydroxylation is 1. The first-order chi connectivity index (χ1) is 15.4. The lowest BCUT2D eigenvalue weighted by molar-refractivity contribution is -0.112. The van der Waals surface area contributed by atoms with Gasteiger partial charge in [-0.25, -0.2) is 0 Å². The molecule has 0 unspecified atom stereocenters. The summed E-state index contributed by atoms with van der Waals surface area (Å²) in [5.41, 5.74) is 9.43. The number of hydrogen-bond donors (Lipinski definition) is 3. The first kappa shape index (κ1) is 21.4. The molecule has 1 heterocycles. The van der Waals surface area contributed by atoms with E-state index in [1.807, 2.05) is 24.3 Å². The van der Waals surface area contributed by atoms with Crippen LogP contribution in [0, 0.1) is 0 Å². The average molecular weight is 448 g/mol. The number of carbonyl (C=O) groups is 2. The number of amides is 2. The summed E-state index contributed by atoms with van der Waals surface area (Å²) >= 11 is 6.13. The van der Waals surface area contributed by atoms with Crippen LogP contribution in [-0.4, -0.2) is 21.6 Å². The zero-order chi connectivity index (χ0) is 22.7. The molecule has 0 spiro atoms. The third-order valence-corrected chi connectivity index (χ3v) is 5.41. The zero-order valence-electron chi connectivity index (χ0n) is 17.4. The molecule has 0 saturated heterocycles. The van der Waals surface area contributed by atoms with Crippen LogP contribution in [0.2, 0.25) is 0 Å². The van der Waals surface area contributed by atoms with Crippen molar-refractivity contribution in [3.8, 4) is 11.3 Å². The molecule has 3 aromatic rings. The largest absolute Gasteiger partial charge is 0.399 e. The van der Waals surface area contributed by atoms with Crippen molar-refractivity contribution in [1.82, 2.24) is 9.78 Å². The monoisotopic (exact) mass is 447 g/mol. The van der Waals surface area contributed by atoms with Crippen LogP contribution in [0.1, 0.15) is 23.2 Å². The fourth-order valence-corrected chi connectivity index (χ4v) is 3.63. The van der Waals surface area contributed by atoms with Crippen LogP contribution in [0.5, 0.6) is 0 Å². The van der Waals surface area contributed by atoms with E-state index in [9.17, 15) is 9.59 Å². The molecule has 32 heavy (non-hydrogen) atoms. The minimum absolute atomic E-state index is 0.233. The number of hydrogen-bond acceptors (Lipinski definition) is 4. The maximum atomic E-state index is 12.5. The van der Waals surface area contributed by atoms with Gasteiger partial charge in [0, 0.05) is 40.6 Å². The van der Waals surface area contributed by atoms with E-state index in [1.54, 1.807) is 54.2 Å². The minimum atomic E-state index is -0.269. The maximum absolute atomic E-state index is 12.5. The van der Waals surface area contributed by atoms with Crippen molar-refractivity contribution in [1.29, 1.82) is 0 Å². The molecule has 4 rings (SSSR count). The van der Waals surface area contributed by atoms with Crippen molar-refractivity contribution >= 4 is 40.6 Å². The number of rotatable bonds is 5. The maximum Gasteiger partial charge on any atom is 0.256 e. The molecular formula is C24H22ClN5O2. The quantitative estimate of drug-likeness (QED) is 0.493. The Morgan fingerprint density at radius 3 is 2.47 bits per heavy atom. The zero-order valence-corrected chi connectivity index (χ0v) is 18.2. The van der Waals surface area contributed by atoms with Crippen LogP contribution in [-0.2, 0) is 11.8 Å². The number of nitrogens with one attached hydrogen (secondary N) is 2. The Bertz CT molecular complexity index is 1240. The molecule has 2 amide bonds. The molecule has 8 heteroatoms. The van der Waals surface area contributed by atoms with Gasteiger partial charge in [0.1, 0.15) is 5.82 Å². The summed E-state index contributed by atoms with van der Waals surface area (Å²) in [5.74, 6) is 0.0493. The first-order valence-corrected chi connectivity index (χ1v) is 10.5. The predicted octanol–water partition coefficient (Wildman–Crippen LogP) is 4.70. The molecule has 0 atom stereocenters. The Morgan fingerprint density at radius 2 is 1.75 bits per heavy atom. The van der Waals surface area contributed by atoms with E-state index < -0.39 is 0 Å². The van der Waals surface area contributed by atoms with E-state index in [-0.39, 0.29) is 11.8 Å². The summed E-state index contributed by atoms with van der Waals surface area (Å²) in [4.78, 5) is 25.0. The van der Waals surface area contributed by atoms with E-state index >= 15 is 0 Å². The second-order valence-corrected chi connectivity index (χ2v) is 7.80. The molecule has 7 nitrogen and oxygen atoms in total. The third kappa shape index (κ3) is 4.73. The molecule has 2 aromatic carbocycles. The lowest BCUT2D eigenvalue weighted by atomic mass is 10.1. The number of halogens is 1. The molecule has 1 aliphatic carbocycles. The highest BCUT2D eigenvalue weighted by molar-refractivity contribution is 6.36. The van der Waals surface area contributed by atoms with Crippen molar-refractivity contribution in [3.63, 3.8) is 0 Å². The number of nitrogens with two attached hydrogens (primary N) is 1. The Morgan fingerprint density at radius 1 is 1.00 bits per heavy atom. The number of benzene rings is 2. The Hall–Kier alpha value is -3.84. The predicted molar refractivity (Wildman–Crippen MR) is 127 cm³/mol. The highest BCUT2D eigenvalue weighted by atomic mass is 35.5. The normalized spacial score (nSPS) is 13.2. The molecule has 162 valence electrons. The second kappa shape index (κ2) is 9.11. The van der Waals surface area contributed by atoms with Crippen LogP contribution in [0.4, 0.5) is 17.2 Å². The fraction of sp³-hybridized carbons (Fsp3) is 0.125. The molecule has 0 saturated carbocycles. The summed E-state index contributed by atoms with van der Waals surface area (Å²) < 4.78 is 1.60. The summed E-state index contributed by atoms with van der Waals surface area (Å²) in [6, 6.07) is 15.9. The van der Waals surface area contributed by atoms with Crippen molar-refractivity contribution < 1.29 is 9.59 Å². The first-order valence-electron chi connectivity index (χ1n) is 10.1. The number of nitrogens with zero attached hydrogens (tertiary/aromatic N) is 2. The van der Waals surface area contributed by atoms with Gasteiger partial charge in [-0.05, 0) is 43.2 Å². The van der Waals surface area contributed by atoms with Crippen molar-refractivity contribution in [2.45, 2.75) is 12.8 Å². The third-order valence-electron chi connectivity index (χ3n) is 5.05. The Kier molecular flexibility index (Phi) is 6.09. The van der Waals surface area contributed by atoms with Crippen LogP contribution in [0.3, 0.4) is 0 Å². The Labute approximate surface area is 190 Å². The van der Waals surface area contributed by atoms with E-state index in [1.165, 1.54) is 0 Å². The summed E-state index contributed by atoms with van der Waals surface area (Å²) in [6.07, 6.45) is 5.34. The van der Waals surface area contributed by atoms with Gasteiger partial charge in [-0.1, -0.05) is 42.0 Å². The highest BCUT2D eigenvalue weighted by Crippen LogP contribution is 2.26. The fourth-order valence-electron chi connectivity index (χ4n) is 3.36. The number of allylic oxidation sites excluding steroid dienone is 2. The van der Waals surface area contributed by atoms with Gasteiger partial charge in [-0.3, -0.25) is 14.3 Å². The van der Waals surface area contributed by atoms with Crippen molar-refractivity contribution in [2.24, 2.45) is 7.05 Å². The minimum Gasteiger partial charge on any atom is -0.399 e. The molecule has 4 N–H and O–H groups in total. The lowest BCUT2D eigenvalue weighted by Gasteiger charge is -2.11. The smallest absolute Gasteiger partial charge is 0.256 e. The molecule has 0 fully saturated rings. The van der Waals surface area contributed by atoms with Gasteiger partial charge in [-0.15, -0.1) is 0 Å². The van der Waals surface area contributed by atoms with E-state index in [0.717, 1.165) is 18.4 Å². The summed E-state index contributed by atoms with van der Waals surface area (Å²) in [5, 5.41) is 10.7. The number of aromatic nitrogens is 2. The summed E-state index contributed by atoms with van der Waals surface area (Å²) in [6.45, 7) is 0. The lowest BCUT2D eigenvalue weighted by Crippen LogP contribution is -2.15. The average Bonchev–Trinajstić information content (AvgIpc) is 3.14. The van der Waals surface area contributed by atoms with Crippen LogP contribution < -0.4 is 16.4 Å². The SMILES string of the molecule is Cn1nc(-c2ccc(NC(=O)C3=CCCC=C3Cl)cc2)cc1NC(=O)c1cccc(N)c1. The van der Waals surface area contributed by atoms with Crippen LogP contribution >= 0.6 is 11.6 Å². The van der Waals surface area contributed by atoms with Gasteiger partial charge in [-0.2, -0.15) is 5.10 Å². The van der Waals surface area contributed by atoms with Gasteiger partial charge in [0.15, 0.2) is 0 Å². The van der Waals surface area contributed by atoms with Gasteiger partial charge < -0.3 is 16.4 Å². The number of carbonyl (C=O) groups excluding carboxylic acids is 2. The molecular weight excluding hydrogens is 426 g/mol. The molecule has 1 aliphatic rings. The van der Waals surface area contributed by atoms with Gasteiger partial charge in [0.2, 0.25) is 0 Å². The number of nitrogen functional groups attached to an aromatic ring is 1. The number of anilines is 3. The van der Waals surface area contributed by atoms with Crippen LogP contribution in [0.25, 0.3) is 11.3 Å². The standard InChI is InChI=1S/C24H22ClN5O2/c1-30-22(28-23(31)16-5-4-6-17(26)13-16)14-21(29-30)15-9-11-18(12-10-15)27-24(32)19-7-2-3-8-20(19)25/h4-14H,2-3,26H2,1H3,(H,27,32)(H,28,31). The van der Waals surface area contributed by atoms with Gasteiger partial charge in [0.25, 0.3) is 11.8 Å².